The second-order valence-electron chi connectivity index (χ2n) is 13.3. The van der Waals surface area contributed by atoms with Gasteiger partial charge in [0.25, 0.3) is 0 Å². The third kappa shape index (κ3) is 8.07. The molecule has 55 heavy (non-hydrogen) atoms. The Morgan fingerprint density at radius 1 is 0.509 bits per heavy atom. The van der Waals surface area contributed by atoms with Crippen LogP contribution in [0.2, 0.25) is 0 Å². The van der Waals surface area contributed by atoms with Gasteiger partial charge in [0.15, 0.2) is 0 Å². The predicted molar refractivity (Wildman–Crippen MR) is 235 cm³/mol. The van der Waals surface area contributed by atoms with Gasteiger partial charge in [-0.1, -0.05) is 152 Å². The largest absolute Gasteiger partial charge is 0.280 e. The van der Waals surface area contributed by atoms with E-state index in [0.717, 1.165) is 44.7 Å². The average molecular weight is 706 g/mol. The lowest BCUT2D eigenvalue weighted by atomic mass is 9.90. The monoisotopic (exact) mass is 705 g/mol. The molecule has 0 aliphatic carbocycles. The summed E-state index contributed by atoms with van der Waals surface area (Å²) in [5, 5.41) is 4.96. The molecule has 0 amide bonds. The second-order valence-corrected chi connectivity index (χ2v) is 13.3. The lowest BCUT2D eigenvalue weighted by Gasteiger charge is -2.14. The molecule has 0 radical (unpaired) electrons. The first-order valence-electron chi connectivity index (χ1n) is 18.5. The molecule has 0 saturated carbocycles. The molecule has 0 saturated heterocycles. The molecule has 1 aromatic heterocycles. The fourth-order valence-corrected chi connectivity index (χ4v) is 7.05. The summed E-state index contributed by atoms with van der Waals surface area (Å²) < 4.78 is 0. The molecule has 0 spiro atoms. The zero-order chi connectivity index (χ0) is 37.2. The molecular weight excluding hydrogens is 667 g/mol. The molecule has 0 aliphatic rings. The first kappa shape index (κ1) is 34.8. The maximum Gasteiger partial charge on any atom is 0.0650 e. The van der Waals surface area contributed by atoms with Gasteiger partial charge in [0.2, 0.25) is 0 Å². The summed E-state index contributed by atoms with van der Waals surface area (Å²) in [6.07, 6.45) is 15.2. The van der Waals surface area contributed by atoms with Gasteiger partial charge in [0, 0.05) is 18.6 Å². The molecule has 0 atom stereocenters. The number of pyridine rings is 1. The number of aromatic nitrogens is 1. The summed E-state index contributed by atoms with van der Waals surface area (Å²) in [5.41, 5.74) is 12.3. The summed E-state index contributed by atoms with van der Waals surface area (Å²) >= 11 is 0. The highest BCUT2D eigenvalue weighted by Gasteiger charge is 2.12. The van der Waals surface area contributed by atoms with E-state index < -0.39 is 0 Å². The summed E-state index contributed by atoms with van der Waals surface area (Å²) in [6, 6.07) is 58.6. The van der Waals surface area contributed by atoms with Crippen LogP contribution in [-0.4, -0.2) is 17.4 Å². The normalized spacial score (nSPS) is 12.0. The van der Waals surface area contributed by atoms with Crippen molar-refractivity contribution in [3.63, 3.8) is 0 Å². The van der Waals surface area contributed by atoms with E-state index in [4.69, 9.17) is 4.99 Å². The number of hydrogen-bond acceptors (Lipinski definition) is 3. The minimum atomic E-state index is 0.504. The Morgan fingerprint density at radius 3 is 1.89 bits per heavy atom. The second kappa shape index (κ2) is 16.6. The van der Waals surface area contributed by atoms with E-state index in [2.05, 4.69) is 174 Å². The zero-order valence-corrected chi connectivity index (χ0v) is 30.5. The number of fused-ring (bicyclic) bond motifs is 3. The van der Waals surface area contributed by atoms with Crippen molar-refractivity contribution in [2.45, 2.75) is 6.54 Å². The minimum Gasteiger partial charge on any atom is -0.280 e. The molecule has 0 aliphatic heterocycles. The first-order chi connectivity index (χ1) is 27.2. The highest BCUT2D eigenvalue weighted by Crippen LogP contribution is 2.37. The maximum absolute atomic E-state index is 5.28. The highest BCUT2D eigenvalue weighted by atomic mass is 14.7. The Bertz CT molecular complexity index is 2700. The molecule has 1 heterocycles. The van der Waals surface area contributed by atoms with Crippen molar-refractivity contribution in [1.82, 2.24) is 4.98 Å². The molecule has 3 nitrogen and oxygen atoms in total. The van der Waals surface area contributed by atoms with Crippen molar-refractivity contribution >= 4 is 34.0 Å². The van der Waals surface area contributed by atoms with Crippen LogP contribution in [0.4, 0.5) is 0 Å². The van der Waals surface area contributed by atoms with Gasteiger partial charge in [0.1, 0.15) is 0 Å². The standard InChI is InChI=1S/C52H39N3/c1-53-30-12-3-2-7-21-52(43-28-26-40(27-29-43)39-14-5-4-6-15-39)55-36-38-32-46(42-24-22-41(23-25-42)45-17-13-31-54-37-45)34-47(33-38)51-35-44-16-8-9-18-48(44)49-19-10-11-20-50(49)51/h2-35,37H,1,36H2/b3-2-,21-7+,30-12-,55-52+. The molecule has 0 N–H and O–H groups in total. The maximum atomic E-state index is 5.28. The summed E-state index contributed by atoms with van der Waals surface area (Å²) in [4.78, 5) is 13.4. The van der Waals surface area contributed by atoms with E-state index in [1.807, 2.05) is 42.6 Å². The number of nitrogens with zero attached hydrogens (tertiary/aromatic N) is 3. The Hall–Kier alpha value is -7.23. The van der Waals surface area contributed by atoms with Crippen molar-refractivity contribution in [1.29, 1.82) is 0 Å². The van der Waals surface area contributed by atoms with Crippen LogP contribution in [0.5, 0.6) is 0 Å². The van der Waals surface area contributed by atoms with Gasteiger partial charge in [-0.3, -0.25) is 15.0 Å². The van der Waals surface area contributed by atoms with Gasteiger partial charge >= 0.3 is 0 Å². The van der Waals surface area contributed by atoms with Crippen LogP contribution in [0.1, 0.15) is 11.1 Å². The highest BCUT2D eigenvalue weighted by molar-refractivity contribution is 6.14. The lowest BCUT2D eigenvalue weighted by Crippen LogP contribution is -1.99. The first-order valence-corrected chi connectivity index (χ1v) is 18.5. The van der Waals surface area contributed by atoms with E-state index in [0.29, 0.717) is 6.54 Å². The van der Waals surface area contributed by atoms with Crippen LogP contribution in [0.3, 0.4) is 0 Å². The van der Waals surface area contributed by atoms with Crippen molar-refractivity contribution in [3.8, 4) is 44.5 Å². The van der Waals surface area contributed by atoms with Gasteiger partial charge in [-0.25, -0.2) is 0 Å². The smallest absolute Gasteiger partial charge is 0.0650 e. The van der Waals surface area contributed by atoms with E-state index in [1.165, 1.54) is 38.2 Å². The third-order valence-corrected chi connectivity index (χ3v) is 9.78. The molecular formula is C52H39N3. The third-order valence-electron chi connectivity index (χ3n) is 9.78. The van der Waals surface area contributed by atoms with E-state index in [9.17, 15) is 0 Å². The molecule has 8 rings (SSSR count). The molecule has 8 aromatic rings. The fraction of sp³-hybridized carbons (Fsp3) is 0.0192. The predicted octanol–water partition coefficient (Wildman–Crippen LogP) is 13.4. The van der Waals surface area contributed by atoms with Crippen LogP contribution in [0.15, 0.2) is 223 Å². The molecule has 0 unspecified atom stereocenters. The molecule has 3 heteroatoms. The van der Waals surface area contributed by atoms with Gasteiger partial charge in [0.05, 0.1) is 12.3 Å². The van der Waals surface area contributed by atoms with E-state index in [-0.39, 0.29) is 0 Å². The topological polar surface area (TPSA) is 37.6 Å². The fourth-order valence-electron chi connectivity index (χ4n) is 7.05. The Kier molecular flexibility index (Phi) is 10.5. The van der Waals surface area contributed by atoms with Gasteiger partial charge in [-0.15, -0.1) is 0 Å². The number of aliphatic imine (C=N–C) groups is 2. The van der Waals surface area contributed by atoms with Crippen LogP contribution < -0.4 is 0 Å². The van der Waals surface area contributed by atoms with E-state index in [1.54, 1.807) is 12.4 Å². The Labute approximate surface area is 322 Å². The molecule has 0 bridgehead atoms. The minimum absolute atomic E-state index is 0.504. The Morgan fingerprint density at radius 2 is 1.13 bits per heavy atom. The van der Waals surface area contributed by atoms with Crippen molar-refractivity contribution in [3.05, 3.63) is 224 Å². The SMILES string of the molecule is C=N\C=C/C=C\C=C\C(=N/Cc1cc(-c2ccc(-c3cccnc3)cc2)cc(-c2cc3ccccc3c3ccccc23)c1)c1ccc(-c2ccccc2)cc1. The van der Waals surface area contributed by atoms with Crippen molar-refractivity contribution in [2.75, 3.05) is 0 Å². The summed E-state index contributed by atoms with van der Waals surface area (Å²) in [6.45, 7) is 4.02. The molecule has 262 valence electrons. The molecule has 7 aromatic carbocycles. The van der Waals surface area contributed by atoms with Crippen molar-refractivity contribution in [2.24, 2.45) is 9.98 Å². The number of allylic oxidation sites excluding steroid dienone is 5. The number of hydrogen-bond donors (Lipinski definition) is 0. The molecule has 0 fully saturated rings. The van der Waals surface area contributed by atoms with Crippen LogP contribution >= 0.6 is 0 Å². The van der Waals surface area contributed by atoms with Gasteiger partial charge < -0.3 is 0 Å². The number of benzene rings is 7. The van der Waals surface area contributed by atoms with Gasteiger partial charge in [-0.05, 0) is 126 Å². The van der Waals surface area contributed by atoms with E-state index >= 15 is 0 Å². The zero-order valence-electron chi connectivity index (χ0n) is 30.5. The Balaban J connectivity index is 1.23. The van der Waals surface area contributed by atoms with Gasteiger partial charge in [-0.2, -0.15) is 0 Å². The summed E-state index contributed by atoms with van der Waals surface area (Å²) in [7, 11) is 0. The lowest BCUT2D eigenvalue weighted by molar-refractivity contribution is 1.07. The van der Waals surface area contributed by atoms with Crippen molar-refractivity contribution < 1.29 is 0 Å². The number of rotatable bonds is 11. The van der Waals surface area contributed by atoms with Crippen LogP contribution in [-0.2, 0) is 6.54 Å². The quantitative estimate of drug-likeness (QED) is 0.0750. The van der Waals surface area contributed by atoms with Crippen LogP contribution in [0.25, 0.3) is 66.1 Å². The van der Waals surface area contributed by atoms with Crippen LogP contribution in [0, 0.1) is 0 Å². The average Bonchev–Trinajstić information content (AvgIpc) is 3.26. The summed E-state index contributed by atoms with van der Waals surface area (Å²) in [5.74, 6) is 0.